The number of allylic oxidation sites excluding steroid dienone is 2. The highest BCUT2D eigenvalue weighted by atomic mass is 31.2. The van der Waals surface area contributed by atoms with Crippen LogP contribution >= 0.6 is 7.82 Å². The minimum absolute atomic E-state index is 0.0367. The van der Waals surface area contributed by atoms with E-state index in [2.05, 4.69) is 26.0 Å². The van der Waals surface area contributed by atoms with Gasteiger partial charge in [-0.25, -0.2) is 4.57 Å². The molecular weight excluding hydrogens is 1050 g/mol. The second kappa shape index (κ2) is 65.2. The molecule has 2 unspecified atom stereocenters. The highest BCUT2D eigenvalue weighted by Gasteiger charge is 2.27. The lowest BCUT2D eigenvalue weighted by atomic mass is 10.0. The van der Waals surface area contributed by atoms with Crippen molar-refractivity contribution in [1.82, 2.24) is 0 Å². The van der Waals surface area contributed by atoms with Crippen molar-refractivity contribution in [2.75, 3.05) is 47.5 Å². The van der Waals surface area contributed by atoms with Crippen LogP contribution in [-0.4, -0.2) is 74.9 Å². The highest BCUT2D eigenvalue weighted by Crippen LogP contribution is 2.43. The van der Waals surface area contributed by atoms with Crippen molar-refractivity contribution in [3.05, 3.63) is 12.2 Å². The number of phosphoric acid groups is 1. The van der Waals surface area contributed by atoms with E-state index in [1.807, 2.05) is 21.1 Å². The molecule has 0 aliphatic heterocycles. The molecule has 83 heavy (non-hydrogen) atoms. The Hall–Kier alpha value is -1.25. The molecule has 0 bridgehead atoms. The predicted molar refractivity (Wildman–Crippen MR) is 358 cm³/mol. The number of hydrogen-bond donors (Lipinski definition) is 1. The van der Waals surface area contributed by atoms with E-state index >= 15 is 0 Å². The van der Waals surface area contributed by atoms with Crippen LogP contribution < -0.4 is 0 Å². The zero-order valence-electron chi connectivity index (χ0n) is 56.5. The van der Waals surface area contributed by atoms with Crippen LogP contribution in [0, 0.1) is 0 Å². The molecule has 0 rings (SSSR count). The van der Waals surface area contributed by atoms with Crippen molar-refractivity contribution < 1.29 is 42.1 Å². The zero-order chi connectivity index (χ0) is 60.5. The van der Waals surface area contributed by atoms with Gasteiger partial charge in [-0.15, -0.1) is 0 Å². The van der Waals surface area contributed by atoms with Gasteiger partial charge in [0.25, 0.3) is 0 Å². The van der Waals surface area contributed by atoms with Gasteiger partial charge in [-0.2, -0.15) is 0 Å². The van der Waals surface area contributed by atoms with E-state index in [-0.39, 0.29) is 25.6 Å². The van der Waals surface area contributed by atoms with Gasteiger partial charge in [0.1, 0.15) is 19.8 Å². The smallest absolute Gasteiger partial charge is 0.462 e. The summed E-state index contributed by atoms with van der Waals surface area (Å²) in [4.78, 5) is 35.9. The molecule has 10 heteroatoms. The van der Waals surface area contributed by atoms with Crippen molar-refractivity contribution in [3.63, 3.8) is 0 Å². The van der Waals surface area contributed by atoms with Crippen molar-refractivity contribution in [1.29, 1.82) is 0 Å². The maximum atomic E-state index is 12.9. The largest absolute Gasteiger partial charge is 0.472 e. The number of ether oxygens (including phenoxy) is 2. The quantitative estimate of drug-likeness (QED) is 0.0211. The Kier molecular flexibility index (Phi) is 64.2. The van der Waals surface area contributed by atoms with E-state index in [1.54, 1.807) is 0 Å². The Labute approximate surface area is 517 Å². The van der Waals surface area contributed by atoms with E-state index in [0.717, 1.165) is 38.5 Å². The molecule has 0 aromatic carbocycles. The molecule has 1 N–H and O–H groups in total. The summed E-state index contributed by atoms with van der Waals surface area (Å²) in [5.41, 5.74) is 0. The van der Waals surface area contributed by atoms with Crippen LogP contribution in [0.4, 0.5) is 0 Å². The number of hydrogen-bond acceptors (Lipinski definition) is 7. The molecule has 2 atom stereocenters. The van der Waals surface area contributed by atoms with Gasteiger partial charge in [-0.1, -0.05) is 353 Å². The number of nitrogens with zero attached hydrogens (tertiary/aromatic N) is 1. The third-order valence-corrected chi connectivity index (χ3v) is 18.0. The van der Waals surface area contributed by atoms with Crippen LogP contribution in [0.1, 0.15) is 393 Å². The van der Waals surface area contributed by atoms with Gasteiger partial charge in [0, 0.05) is 12.8 Å². The second-order valence-corrected chi connectivity index (χ2v) is 28.1. The maximum Gasteiger partial charge on any atom is 0.472 e. The van der Waals surface area contributed by atoms with E-state index in [0.29, 0.717) is 17.4 Å². The van der Waals surface area contributed by atoms with Gasteiger partial charge in [0.2, 0.25) is 0 Å². The van der Waals surface area contributed by atoms with Gasteiger partial charge in [0.05, 0.1) is 27.7 Å². The summed E-state index contributed by atoms with van der Waals surface area (Å²) >= 11 is 0. The van der Waals surface area contributed by atoms with Crippen LogP contribution in [-0.2, 0) is 32.7 Å². The van der Waals surface area contributed by atoms with Crippen molar-refractivity contribution in [2.24, 2.45) is 0 Å². The number of rotatable bonds is 70. The number of carbonyl (C=O) groups excluding carboxylic acids is 2. The number of esters is 2. The Morgan fingerprint density at radius 3 is 0.892 bits per heavy atom. The first-order valence-electron chi connectivity index (χ1n) is 36.9. The van der Waals surface area contributed by atoms with Gasteiger partial charge in [-0.3, -0.25) is 18.6 Å². The maximum absolute atomic E-state index is 12.9. The molecule has 0 fully saturated rings. The Morgan fingerprint density at radius 1 is 0.361 bits per heavy atom. The zero-order valence-corrected chi connectivity index (χ0v) is 57.4. The molecule has 0 saturated heterocycles. The first-order chi connectivity index (χ1) is 40.5. The lowest BCUT2D eigenvalue weighted by Crippen LogP contribution is -2.37. The normalized spacial score (nSPS) is 13.1. The number of carbonyl (C=O) groups is 2. The van der Waals surface area contributed by atoms with Crippen LogP contribution in [0.5, 0.6) is 0 Å². The standard InChI is InChI=1S/C73H144NO8P/c1-6-8-10-12-14-16-18-20-22-24-26-28-30-32-34-36-37-38-40-42-44-46-48-50-52-54-56-58-60-62-64-66-73(76)82-71(70-81-83(77,78)80-68-67-74(3,4)5)69-79-72(75)65-63-61-59-57-55-53-51-49-47-45-43-41-39-35-33-31-29-27-25-23-21-19-17-15-13-11-9-7-2/h24,26,71H,6-23,25,27-70H2,1-5H3/p+1/b26-24-. The Bertz CT molecular complexity index is 1400. The minimum Gasteiger partial charge on any atom is -0.462 e. The average Bonchev–Trinajstić information content (AvgIpc) is 3.49. The SMILES string of the molecule is CCCCCCCCCC/C=C\CCCCCCCCCCCCCCCCCCCCCC(=O)OC(COC(=O)CCCCCCCCCCCCCCCCCCCCCCCCCCCCCC)COP(=O)(O)OCC[N+](C)(C)C. The summed E-state index contributed by atoms with van der Waals surface area (Å²) in [6, 6.07) is 0. The van der Waals surface area contributed by atoms with Gasteiger partial charge >= 0.3 is 19.8 Å². The molecule has 9 nitrogen and oxygen atoms in total. The van der Waals surface area contributed by atoms with E-state index in [9.17, 15) is 19.0 Å². The molecule has 0 heterocycles. The molecule has 0 aromatic heterocycles. The fraction of sp³-hybridized carbons (Fsp3) is 0.945. The van der Waals surface area contributed by atoms with Crippen molar-refractivity contribution in [3.8, 4) is 0 Å². The van der Waals surface area contributed by atoms with Gasteiger partial charge in [-0.05, 0) is 38.5 Å². The number of likely N-dealkylation sites (N-methyl/N-ethyl adjacent to an activating group) is 1. The van der Waals surface area contributed by atoms with E-state index in [1.165, 1.54) is 327 Å². The third kappa shape index (κ3) is 69.7. The van der Waals surface area contributed by atoms with Crippen LogP contribution in [0.3, 0.4) is 0 Å². The molecule has 0 amide bonds. The monoisotopic (exact) mass is 1200 g/mol. The molecular formula is C73H145NO8P+. The first kappa shape index (κ1) is 81.8. The second-order valence-electron chi connectivity index (χ2n) is 26.7. The number of quaternary nitrogens is 1. The van der Waals surface area contributed by atoms with Gasteiger partial charge < -0.3 is 18.9 Å². The topological polar surface area (TPSA) is 108 Å². The van der Waals surface area contributed by atoms with Crippen molar-refractivity contribution >= 4 is 19.8 Å². The van der Waals surface area contributed by atoms with Gasteiger partial charge in [0.15, 0.2) is 6.10 Å². The summed E-state index contributed by atoms with van der Waals surface area (Å²) in [6.07, 6.45) is 80.5. The Balaban J connectivity index is 3.95. The molecule has 0 aliphatic rings. The lowest BCUT2D eigenvalue weighted by molar-refractivity contribution is -0.870. The fourth-order valence-corrected chi connectivity index (χ4v) is 12.1. The van der Waals surface area contributed by atoms with Crippen LogP contribution in [0.25, 0.3) is 0 Å². The summed E-state index contributed by atoms with van der Waals surface area (Å²) in [6.45, 7) is 4.53. The third-order valence-electron chi connectivity index (χ3n) is 17.0. The number of phosphoric ester groups is 1. The summed E-state index contributed by atoms with van der Waals surface area (Å²) in [5, 5.41) is 0. The fourth-order valence-electron chi connectivity index (χ4n) is 11.4. The highest BCUT2D eigenvalue weighted by molar-refractivity contribution is 7.47. The van der Waals surface area contributed by atoms with Crippen molar-refractivity contribution in [2.45, 2.75) is 399 Å². The molecule has 494 valence electrons. The van der Waals surface area contributed by atoms with E-state index in [4.69, 9.17) is 18.5 Å². The molecule has 0 spiro atoms. The number of unbranched alkanes of at least 4 members (excludes halogenated alkanes) is 54. The lowest BCUT2D eigenvalue weighted by Gasteiger charge is -2.24. The summed E-state index contributed by atoms with van der Waals surface area (Å²) in [5.74, 6) is -0.769. The van der Waals surface area contributed by atoms with Crippen LogP contribution in [0.15, 0.2) is 12.2 Å². The van der Waals surface area contributed by atoms with E-state index < -0.39 is 26.5 Å². The average molecular weight is 1200 g/mol. The molecule has 0 aromatic rings. The molecule has 0 saturated carbocycles. The minimum atomic E-state index is -4.39. The predicted octanol–water partition coefficient (Wildman–Crippen LogP) is 23.9. The molecule has 0 radical (unpaired) electrons. The van der Waals surface area contributed by atoms with Crippen LogP contribution in [0.2, 0.25) is 0 Å². The Morgan fingerprint density at radius 2 is 0.614 bits per heavy atom. The first-order valence-corrected chi connectivity index (χ1v) is 38.4. The molecule has 0 aliphatic carbocycles. The summed E-state index contributed by atoms with van der Waals surface area (Å²) < 4.78 is 34.8. The summed E-state index contributed by atoms with van der Waals surface area (Å²) in [7, 11) is 1.51.